The second-order valence-corrected chi connectivity index (χ2v) is 7.28. The lowest BCUT2D eigenvalue weighted by molar-refractivity contribution is 0.174. The summed E-state index contributed by atoms with van der Waals surface area (Å²) >= 11 is 0. The van der Waals surface area contributed by atoms with E-state index < -0.39 is 0 Å². The van der Waals surface area contributed by atoms with Crippen molar-refractivity contribution in [2.45, 2.75) is 58.9 Å². The van der Waals surface area contributed by atoms with Crippen molar-refractivity contribution in [2.24, 2.45) is 5.92 Å². The van der Waals surface area contributed by atoms with Crippen LogP contribution in [0.5, 0.6) is 0 Å². The van der Waals surface area contributed by atoms with Gasteiger partial charge in [-0.15, -0.1) is 0 Å². The molecule has 1 aliphatic rings. The molecule has 1 aliphatic heterocycles. The number of unbranched alkanes of at least 4 members (excludes halogenated alkanes) is 1. The Kier molecular flexibility index (Phi) is 5.77. The Balaban J connectivity index is 1.46. The molecule has 23 heavy (non-hydrogen) atoms. The van der Waals surface area contributed by atoms with Crippen molar-refractivity contribution in [1.82, 2.24) is 9.47 Å². The molecule has 1 aromatic heterocycles. The molecule has 0 amide bonds. The number of piperidine rings is 1. The van der Waals surface area contributed by atoms with Crippen LogP contribution in [0.4, 0.5) is 0 Å². The first-order valence-corrected chi connectivity index (χ1v) is 9.55. The molecule has 0 aliphatic carbocycles. The lowest BCUT2D eigenvalue weighted by Gasteiger charge is -2.32. The third kappa shape index (κ3) is 4.17. The highest BCUT2D eigenvalue weighted by Crippen LogP contribution is 2.23. The molecule has 1 aromatic carbocycles. The summed E-state index contributed by atoms with van der Waals surface area (Å²) in [5, 5.41) is 1.38. The monoisotopic (exact) mass is 312 g/mol. The number of benzene rings is 1. The molecule has 126 valence electrons. The van der Waals surface area contributed by atoms with Gasteiger partial charge in [0, 0.05) is 17.8 Å². The number of aryl methyl sites for hydroxylation is 2. The molecule has 0 atom stereocenters. The maximum atomic E-state index is 2.68. The standard InChI is InChI=1S/C21H32N2/c1-3-4-8-19-11-15-22(16-12-19)13-7-14-23-18(2)17-20-9-5-6-10-21(20)23/h5-6,9-10,17,19H,3-4,7-8,11-16H2,1-2H3. The molecule has 0 bridgehead atoms. The van der Waals surface area contributed by atoms with Gasteiger partial charge in [0.2, 0.25) is 0 Å². The van der Waals surface area contributed by atoms with E-state index >= 15 is 0 Å². The number of fused-ring (bicyclic) bond motifs is 1. The van der Waals surface area contributed by atoms with Gasteiger partial charge < -0.3 is 9.47 Å². The molecule has 2 heteroatoms. The zero-order valence-corrected chi connectivity index (χ0v) is 14.9. The third-order valence-corrected chi connectivity index (χ3v) is 5.55. The number of hydrogen-bond acceptors (Lipinski definition) is 1. The zero-order valence-electron chi connectivity index (χ0n) is 14.9. The summed E-state index contributed by atoms with van der Waals surface area (Å²) in [5.41, 5.74) is 2.78. The van der Waals surface area contributed by atoms with Crippen molar-refractivity contribution in [3.63, 3.8) is 0 Å². The molecule has 1 fully saturated rings. The molecule has 0 unspecified atom stereocenters. The van der Waals surface area contributed by atoms with E-state index in [1.165, 1.54) is 74.8 Å². The van der Waals surface area contributed by atoms with E-state index in [0.717, 1.165) is 12.5 Å². The van der Waals surface area contributed by atoms with Gasteiger partial charge in [-0.1, -0.05) is 44.4 Å². The van der Waals surface area contributed by atoms with Crippen LogP contribution in [0.1, 0.15) is 51.1 Å². The quantitative estimate of drug-likeness (QED) is 0.678. The first-order valence-electron chi connectivity index (χ1n) is 9.55. The van der Waals surface area contributed by atoms with Crippen molar-refractivity contribution >= 4 is 10.9 Å². The fraction of sp³-hybridized carbons (Fsp3) is 0.619. The number of aromatic nitrogens is 1. The molecule has 2 heterocycles. The van der Waals surface area contributed by atoms with E-state index in [-0.39, 0.29) is 0 Å². The molecule has 0 radical (unpaired) electrons. The smallest absolute Gasteiger partial charge is 0.0482 e. The van der Waals surface area contributed by atoms with Crippen molar-refractivity contribution in [2.75, 3.05) is 19.6 Å². The minimum atomic E-state index is 1.00. The Morgan fingerprint density at radius 2 is 1.83 bits per heavy atom. The normalized spacial score (nSPS) is 17.1. The molecule has 3 rings (SSSR count). The molecule has 0 spiro atoms. The number of rotatable bonds is 7. The fourth-order valence-corrected chi connectivity index (χ4v) is 4.09. The van der Waals surface area contributed by atoms with Crippen molar-refractivity contribution in [3.8, 4) is 0 Å². The highest BCUT2D eigenvalue weighted by atomic mass is 15.1. The van der Waals surface area contributed by atoms with E-state index in [9.17, 15) is 0 Å². The third-order valence-electron chi connectivity index (χ3n) is 5.55. The number of nitrogens with zero attached hydrogens (tertiary/aromatic N) is 2. The van der Waals surface area contributed by atoms with Gasteiger partial charge in [-0.3, -0.25) is 0 Å². The van der Waals surface area contributed by atoms with Gasteiger partial charge in [-0.25, -0.2) is 0 Å². The van der Waals surface area contributed by atoms with Crippen molar-refractivity contribution in [1.29, 1.82) is 0 Å². The van der Waals surface area contributed by atoms with Gasteiger partial charge in [0.25, 0.3) is 0 Å². The van der Waals surface area contributed by atoms with Crippen LogP contribution in [0.2, 0.25) is 0 Å². The molecular formula is C21H32N2. The molecule has 1 saturated heterocycles. The first-order chi connectivity index (χ1) is 11.3. The lowest BCUT2D eigenvalue weighted by Crippen LogP contribution is -2.34. The van der Waals surface area contributed by atoms with Gasteiger partial charge >= 0.3 is 0 Å². The summed E-state index contributed by atoms with van der Waals surface area (Å²) in [6.45, 7) is 9.59. The Bertz CT molecular complexity index is 605. The largest absolute Gasteiger partial charge is 0.345 e. The summed E-state index contributed by atoms with van der Waals surface area (Å²) in [7, 11) is 0. The zero-order chi connectivity index (χ0) is 16.1. The average Bonchev–Trinajstić information content (AvgIpc) is 2.90. The highest BCUT2D eigenvalue weighted by molar-refractivity contribution is 5.81. The van der Waals surface area contributed by atoms with E-state index in [2.05, 4.69) is 53.6 Å². The van der Waals surface area contributed by atoms with Crippen LogP contribution in [0.25, 0.3) is 10.9 Å². The SMILES string of the molecule is CCCCC1CCN(CCCn2c(C)cc3ccccc32)CC1. The number of hydrogen-bond donors (Lipinski definition) is 0. The predicted molar refractivity (Wildman–Crippen MR) is 100.0 cm³/mol. The van der Waals surface area contributed by atoms with Crippen LogP contribution in [0, 0.1) is 12.8 Å². The number of para-hydroxylation sites is 1. The van der Waals surface area contributed by atoms with Crippen LogP contribution in [-0.2, 0) is 6.54 Å². The predicted octanol–water partition coefficient (Wildman–Crippen LogP) is 5.24. The fourth-order valence-electron chi connectivity index (χ4n) is 4.09. The number of likely N-dealkylation sites (tertiary alicyclic amines) is 1. The van der Waals surface area contributed by atoms with Crippen LogP contribution in [0.15, 0.2) is 30.3 Å². The first kappa shape index (κ1) is 16.6. The molecule has 2 nitrogen and oxygen atoms in total. The maximum Gasteiger partial charge on any atom is 0.0482 e. The van der Waals surface area contributed by atoms with Gasteiger partial charge in [-0.2, -0.15) is 0 Å². The molecular weight excluding hydrogens is 280 g/mol. The van der Waals surface area contributed by atoms with Gasteiger partial charge in [0.1, 0.15) is 0 Å². The topological polar surface area (TPSA) is 8.17 Å². The van der Waals surface area contributed by atoms with Crippen LogP contribution in [0.3, 0.4) is 0 Å². The average molecular weight is 313 g/mol. The maximum absolute atomic E-state index is 2.68. The minimum absolute atomic E-state index is 1.00. The summed E-state index contributed by atoms with van der Waals surface area (Å²) in [4.78, 5) is 2.68. The van der Waals surface area contributed by atoms with E-state index in [4.69, 9.17) is 0 Å². The van der Waals surface area contributed by atoms with E-state index in [1.54, 1.807) is 0 Å². The summed E-state index contributed by atoms with van der Waals surface area (Å²) < 4.78 is 2.49. The lowest BCUT2D eigenvalue weighted by atomic mass is 9.91. The Morgan fingerprint density at radius 1 is 1.04 bits per heavy atom. The molecule has 0 N–H and O–H groups in total. The van der Waals surface area contributed by atoms with E-state index in [1.807, 2.05) is 0 Å². The van der Waals surface area contributed by atoms with Gasteiger partial charge in [-0.05, 0) is 69.3 Å². The summed E-state index contributed by atoms with van der Waals surface area (Å²) in [6, 6.07) is 11.1. The van der Waals surface area contributed by atoms with Gasteiger partial charge in [0.15, 0.2) is 0 Å². The second-order valence-electron chi connectivity index (χ2n) is 7.28. The summed E-state index contributed by atoms with van der Waals surface area (Å²) in [6.07, 6.45) is 8.34. The minimum Gasteiger partial charge on any atom is -0.345 e. The van der Waals surface area contributed by atoms with E-state index in [0.29, 0.717) is 0 Å². The Labute approximate surface area is 141 Å². The van der Waals surface area contributed by atoms with Crippen LogP contribution >= 0.6 is 0 Å². The van der Waals surface area contributed by atoms with Crippen molar-refractivity contribution in [3.05, 3.63) is 36.0 Å². The Hall–Kier alpha value is -1.28. The van der Waals surface area contributed by atoms with Crippen molar-refractivity contribution < 1.29 is 0 Å². The van der Waals surface area contributed by atoms with Gasteiger partial charge in [0.05, 0.1) is 0 Å². The Morgan fingerprint density at radius 3 is 2.61 bits per heavy atom. The van der Waals surface area contributed by atoms with Crippen LogP contribution in [-0.4, -0.2) is 29.1 Å². The molecule has 0 saturated carbocycles. The van der Waals surface area contributed by atoms with Crippen LogP contribution < -0.4 is 0 Å². The molecule has 2 aromatic rings. The summed E-state index contributed by atoms with van der Waals surface area (Å²) in [5.74, 6) is 1.00. The second kappa shape index (κ2) is 8.01. The highest BCUT2D eigenvalue weighted by Gasteiger charge is 2.18.